The zero-order valence-corrected chi connectivity index (χ0v) is 15.6. The van der Waals surface area contributed by atoms with Crippen LogP contribution in [-0.2, 0) is 11.3 Å². The van der Waals surface area contributed by atoms with Gasteiger partial charge in [0.05, 0.1) is 6.34 Å². The van der Waals surface area contributed by atoms with Gasteiger partial charge in [0, 0.05) is 24.6 Å². The average Bonchev–Trinajstić information content (AvgIpc) is 3.10. The van der Waals surface area contributed by atoms with Crippen molar-refractivity contribution in [1.82, 2.24) is 10.2 Å². The molecule has 1 aromatic rings. The fourth-order valence-corrected chi connectivity index (χ4v) is 3.27. The predicted molar refractivity (Wildman–Crippen MR) is 110 cm³/mol. The molecule has 27 heavy (non-hydrogen) atoms. The molecule has 1 aliphatic rings. The Balaban J connectivity index is 2.01. The van der Waals surface area contributed by atoms with Gasteiger partial charge in [-0.25, -0.2) is 0 Å². The van der Waals surface area contributed by atoms with Gasteiger partial charge in [0.1, 0.15) is 11.9 Å². The molecule has 0 aliphatic carbocycles. The zero-order chi connectivity index (χ0) is 19.8. The Morgan fingerprint density at radius 2 is 2.11 bits per heavy atom. The number of carbonyl (C=O) groups is 1. The first-order chi connectivity index (χ1) is 13.0. The molecular formula is C21H27N5O. The molecule has 2 atom stereocenters. The van der Waals surface area contributed by atoms with Crippen LogP contribution in [-0.4, -0.2) is 35.6 Å². The summed E-state index contributed by atoms with van der Waals surface area (Å²) in [7, 11) is 0. The smallest absolute Gasteiger partial charge is 0.243 e. The maximum Gasteiger partial charge on any atom is 0.243 e. The van der Waals surface area contributed by atoms with Crippen molar-refractivity contribution in [1.29, 1.82) is 10.8 Å². The van der Waals surface area contributed by atoms with Gasteiger partial charge < -0.3 is 16.0 Å². The van der Waals surface area contributed by atoms with E-state index in [1.165, 1.54) is 6.34 Å². The lowest BCUT2D eigenvalue weighted by Gasteiger charge is -2.20. The van der Waals surface area contributed by atoms with Crippen molar-refractivity contribution >= 4 is 18.1 Å². The lowest BCUT2D eigenvalue weighted by Crippen LogP contribution is -2.42. The second-order valence-electron chi connectivity index (χ2n) is 6.51. The summed E-state index contributed by atoms with van der Waals surface area (Å²) in [5, 5.41) is 18.0. The molecular weight excluding hydrogens is 338 g/mol. The molecule has 0 radical (unpaired) electrons. The molecule has 6 nitrogen and oxygen atoms in total. The lowest BCUT2D eigenvalue weighted by atomic mass is 9.95. The van der Waals surface area contributed by atoms with Crippen molar-refractivity contribution in [3.8, 4) is 0 Å². The van der Waals surface area contributed by atoms with Crippen molar-refractivity contribution in [2.75, 3.05) is 6.54 Å². The first-order valence-electron chi connectivity index (χ1n) is 8.92. The number of nitrogen functional groups attached to an aromatic ring is 1. The molecule has 2 unspecified atom stereocenters. The van der Waals surface area contributed by atoms with E-state index in [1.807, 2.05) is 37.3 Å². The molecule has 0 bridgehead atoms. The van der Waals surface area contributed by atoms with Gasteiger partial charge in [-0.1, -0.05) is 55.1 Å². The van der Waals surface area contributed by atoms with Gasteiger partial charge in [0.15, 0.2) is 0 Å². The van der Waals surface area contributed by atoms with E-state index >= 15 is 0 Å². The standard InChI is InChI=1S/C21H27N5O/c1-3-5-16(6-4-2)18-11-19(26(13-18)14-22)21(27)25-12-15-7-9-17(10-8-15)20(23)24/h3-10,14,18-19,22H,1,11-13H2,2H3,(H3,23,24)(H,25,27)/b6-4-,16-5+,22-14?. The largest absolute Gasteiger partial charge is 0.384 e. The van der Waals surface area contributed by atoms with E-state index in [-0.39, 0.29) is 23.7 Å². The van der Waals surface area contributed by atoms with Gasteiger partial charge in [-0.2, -0.15) is 0 Å². The van der Waals surface area contributed by atoms with E-state index in [0.717, 1.165) is 11.1 Å². The van der Waals surface area contributed by atoms with Crippen molar-refractivity contribution in [3.63, 3.8) is 0 Å². The summed E-state index contributed by atoms with van der Waals surface area (Å²) in [6.07, 6.45) is 9.63. The Bertz CT molecular complexity index is 763. The minimum atomic E-state index is -0.359. The van der Waals surface area contributed by atoms with E-state index in [1.54, 1.807) is 23.1 Å². The Morgan fingerprint density at radius 3 is 2.67 bits per heavy atom. The van der Waals surface area contributed by atoms with E-state index < -0.39 is 0 Å². The van der Waals surface area contributed by atoms with Gasteiger partial charge in [0.25, 0.3) is 0 Å². The molecule has 1 amide bonds. The number of likely N-dealkylation sites (tertiary alicyclic amines) is 1. The van der Waals surface area contributed by atoms with Gasteiger partial charge in [-0.05, 0) is 24.5 Å². The van der Waals surface area contributed by atoms with Gasteiger partial charge in [-0.3, -0.25) is 15.6 Å². The third-order valence-electron chi connectivity index (χ3n) is 4.68. The van der Waals surface area contributed by atoms with Crippen LogP contribution >= 0.6 is 0 Å². The molecule has 0 aromatic heterocycles. The summed E-state index contributed by atoms with van der Waals surface area (Å²) < 4.78 is 0. The highest BCUT2D eigenvalue weighted by Gasteiger charge is 2.36. The van der Waals surface area contributed by atoms with Crippen LogP contribution in [0.25, 0.3) is 0 Å². The number of nitrogens with one attached hydrogen (secondary N) is 3. The number of benzene rings is 1. The van der Waals surface area contributed by atoms with Crippen molar-refractivity contribution in [2.24, 2.45) is 11.7 Å². The zero-order valence-electron chi connectivity index (χ0n) is 15.6. The fourth-order valence-electron chi connectivity index (χ4n) is 3.27. The molecule has 1 aliphatic heterocycles. The van der Waals surface area contributed by atoms with E-state index in [0.29, 0.717) is 25.1 Å². The number of nitrogens with zero attached hydrogens (tertiary/aromatic N) is 1. The normalized spacial score (nSPS) is 19.9. The summed E-state index contributed by atoms with van der Waals surface area (Å²) >= 11 is 0. The summed E-state index contributed by atoms with van der Waals surface area (Å²) in [4.78, 5) is 14.5. The number of amides is 1. The molecule has 6 heteroatoms. The number of carbonyl (C=O) groups excluding carboxylic acids is 1. The topological polar surface area (TPSA) is 106 Å². The van der Waals surface area contributed by atoms with Crippen LogP contribution in [0.1, 0.15) is 24.5 Å². The molecule has 0 spiro atoms. The van der Waals surface area contributed by atoms with Crippen molar-refractivity contribution in [3.05, 3.63) is 71.8 Å². The van der Waals surface area contributed by atoms with Crippen LogP contribution in [0.5, 0.6) is 0 Å². The summed E-state index contributed by atoms with van der Waals surface area (Å²) in [5.41, 5.74) is 8.16. The molecule has 1 aromatic carbocycles. The Kier molecular flexibility index (Phi) is 7.11. The number of hydrogen-bond donors (Lipinski definition) is 4. The summed E-state index contributed by atoms with van der Waals surface area (Å²) in [6.45, 7) is 6.75. The van der Waals surface area contributed by atoms with Crippen LogP contribution in [0.2, 0.25) is 0 Å². The highest BCUT2D eigenvalue weighted by molar-refractivity contribution is 5.94. The molecule has 142 valence electrons. The van der Waals surface area contributed by atoms with Crippen LogP contribution in [0.15, 0.2) is 60.7 Å². The Labute approximate surface area is 160 Å². The first-order valence-corrected chi connectivity index (χ1v) is 8.92. The van der Waals surface area contributed by atoms with Gasteiger partial charge in [0.2, 0.25) is 5.91 Å². The van der Waals surface area contributed by atoms with Crippen molar-refractivity contribution in [2.45, 2.75) is 25.9 Å². The number of amidine groups is 1. The number of hydrogen-bond acceptors (Lipinski definition) is 3. The van der Waals surface area contributed by atoms with Crippen molar-refractivity contribution < 1.29 is 4.79 Å². The van der Waals surface area contributed by atoms with Crippen LogP contribution in [0.3, 0.4) is 0 Å². The maximum absolute atomic E-state index is 12.7. The molecule has 1 heterocycles. The average molecular weight is 365 g/mol. The number of allylic oxidation sites excluding steroid dienone is 4. The highest BCUT2D eigenvalue weighted by Crippen LogP contribution is 2.29. The van der Waals surface area contributed by atoms with Crippen LogP contribution in [0, 0.1) is 16.7 Å². The quantitative estimate of drug-likeness (QED) is 0.323. The Morgan fingerprint density at radius 1 is 1.41 bits per heavy atom. The predicted octanol–water partition coefficient (Wildman–Crippen LogP) is 2.57. The van der Waals surface area contributed by atoms with E-state index in [9.17, 15) is 4.79 Å². The number of rotatable bonds is 8. The molecule has 5 N–H and O–H groups in total. The van der Waals surface area contributed by atoms with Gasteiger partial charge in [-0.15, -0.1) is 0 Å². The second-order valence-corrected chi connectivity index (χ2v) is 6.51. The Hall–Kier alpha value is -3.15. The number of nitrogens with two attached hydrogens (primary N) is 1. The minimum absolute atomic E-state index is 0.0220. The lowest BCUT2D eigenvalue weighted by molar-refractivity contribution is -0.124. The van der Waals surface area contributed by atoms with E-state index in [4.69, 9.17) is 16.6 Å². The van der Waals surface area contributed by atoms with Crippen LogP contribution in [0.4, 0.5) is 0 Å². The highest BCUT2D eigenvalue weighted by atomic mass is 16.2. The van der Waals surface area contributed by atoms with Crippen LogP contribution < -0.4 is 11.1 Å². The summed E-state index contributed by atoms with van der Waals surface area (Å²) in [5.74, 6) is 0.121. The molecule has 1 fully saturated rings. The fraction of sp³-hybridized carbons (Fsp3) is 0.286. The third-order valence-corrected chi connectivity index (χ3v) is 4.68. The maximum atomic E-state index is 12.7. The molecule has 2 rings (SSSR count). The SMILES string of the molecule is C=C/C=C(\C=C/C)C1CC(C(=O)NCc2ccc(C(=N)N)cc2)N(C=N)C1. The van der Waals surface area contributed by atoms with Gasteiger partial charge >= 0.3 is 0 Å². The monoisotopic (exact) mass is 365 g/mol. The third kappa shape index (κ3) is 5.17. The molecule has 1 saturated heterocycles. The minimum Gasteiger partial charge on any atom is -0.384 e. The summed E-state index contributed by atoms with van der Waals surface area (Å²) in [6, 6.07) is 6.87. The molecule has 0 saturated carbocycles. The second kappa shape index (κ2) is 9.52. The van der Waals surface area contributed by atoms with E-state index in [2.05, 4.69) is 11.9 Å². The first kappa shape index (κ1) is 20.2.